The van der Waals surface area contributed by atoms with Gasteiger partial charge in [0.1, 0.15) is 16.0 Å². The highest BCUT2D eigenvalue weighted by Gasteiger charge is 2.15. The van der Waals surface area contributed by atoms with E-state index in [4.69, 9.17) is 14.2 Å². The number of halogens is 1. The van der Waals surface area contributed by atoms with Crippen LogP contribution in [0.1, 0.15) is 16.8 Å². The van der Waals surface area contributed by atoms with E-state index in [0.29, 0.717) is 28.1 Å². The van der Waals surface area contributed by atoms with Crippen LogP contribution in [0.4, 0.5) is 0 Å². The molecule has 1 aromatic carbocycles. The zero-order valence-corrected chi connectivity index (χ0v) is 15.1. The van der Waals surface area contributed by atoms with Crippen LogP contribution in [0.15, 0.2) is 16.6 Å². The Hall–Kier alpha value is -1.31. The zero-order chi connectivity index (χ0) is 16.7. The number of amides is 1. The molecule has 1 aliphatic rings. The molecular formula is C16H23BrN2O4. The number of benzene rings is 1. The Labute approximate surface area is 145 Å². The van der Waals surface area contributed by atoms with E-state index in [9.17, 15) is 4.79 Å². The van der Waals surface area contributed by atoms with Crippen molar-refractivity contribution in [2.75, 3.05) is 53.6 Å². The number of hydrogen-bond donors (Lipinski definition) is 1. The first kappa shape index (κ1) is 18.0. The van der Waals surface area contributed by atoms with Crippen molar-refractivity contribution in [3.63, 3.8) is 0 Å². The lowest BCUT2D eigenvalue weighted by atomic mass is 10.2. The minimum atomic E-state index is -0.129. The van der Waals surface area contributed by atoms with Gasteiger partial charge in [-0.25, -0.2) is 0 Å². The second-order valence-corrected chi connectivity index (χ2v) is 6.05. The normalized spacial score (nSPS) is 15.3. The first-order valence-corrected chi connectivity index (χ1v) is 8.45. The average Bonchev–Trinajstić information content (AvgIpc) is 2.59. The number of carbonyl (C=O) groups is 1. The van der Waals surface area contributed by atoms with Crippen molar-refractivity contribution in [1.82, 2.24) is 10.2 Å². The number of morpholine rings is 1. The van der Waals surface area contributed by atoms with E-state index in [-0.39, 0.29) is 5.91 Å². The summed E-state index contributed by atoms with van der Waals surface area (Å²) in [5.74, 6) is 1.02. The summed E-state index contributed by atoms with van der Waals surface area (Å²) in [6.07, 6.45) is 0.913. The molecule has 0 unspecified atom stereocenters. The molecule has 0 radical (unpaired) electrons. The maximum Gasteiger partial charge on any atom is 0.251 e. The van der Waals surface area contributed by atoms with Crippen molar-refractivity contribution >= 4 is 21.8 Å². The molecule has 1 saturated heterocycles. The largest absolute Gasteiger partial charge is 0.495 e. The maximum atomic E-state index is 12.3. The quantitative estimate of drug-likeness (QED) is 0.725. The SMILES string of the molecule is COc1cc(C(=O)NCCCN2CCOCC2)cc(OC)c1Br. The highest BCUT2D eigenvalue weighted by atomic mass is 79.9. The van der Waals surface area contributed by atoms with Gasteiger partial charge in [0.15, 0.2) is 0 Å². The number of nitrogens with zero attached hydrogens (tertiary/aromatic N) is 1. The molecule has 1 N–H and O–H groups in total. The summed E-state index contributed by atoms with van der Waals surface area (Å²) in [6, 6.07) is 3.40. The Kier molecular flexibility index (Phi) is 7.14. The fourth-order valence-electron chi connectivity index (χ4n) is 2.43. The molecule has 1 amide bonds. The second kappa shape index (κ2) is 9.10. The highest BCUT2D eigenvalue weighted by molar-refractivity contribution is 9.10. The Morgan fingerprint density at radius 3 is 2.43 bits per heavy atom. The molecule has 1 aliphatic heterocycles. The van der Waals surface area contributed by atoms with Crippen LogP contribution in [-0.2, 0) is 4.74 Å². The van der Waals surface area contributed by atoms with E-state index in [1.807, 2.05) is 0 Å². The van der Waals surface area contributed by atoms with Gasteiger partial charge in [-0.1, -0.05) is 0 Å². The Morgan fingerprint density at radius 1 is 1.26 bits per heavy atom. The summed E-state index contributed by atoms with van der Waals surface area (Å²) in [6.45, 7) is 5.13. The lowest BCUT2D eigenvalue weighted by Gasteiger charge is -2.26. The third kappa shape index (κ3) is 5.09. The molecule has 7 heteroatoms. The van der Waals surface area contributed by atoms with Crippen molar-refractivity contribution in [2.45, 2.75) is 6.42 Å². The Bertz CT molecular complexity index is 508. The lowest BCUT2D eigenvalue weighted by molar-refractivity contribution is 0.0374. The number of ether oxygens (including phenoxy) is 3. The lowest BCUT2D eigenvalue weighted by Crippen LogP contribution is -2.38. The molecule has 0 saturated carbocycles. The molecule has 128 valence electrons. The first-order valence-electron chi connectivity index (χ1n) is 7.65. The van der Waals surface area contributed by atoms with Gasteiger partial charge in [-0.05, 0) is 41.0 Å². The van der Waals surface area contributed by atoms with E-state index >= 15 is 0 Å². The molecule has 1 aromatic rings. The van der Waals surface area contributed by atoms with Crippen LogP contribution in [0.25, 0.3) is 0 Å². The fourth-order valence-corrected chi connectivity index (χ4v) is 2.98. The van der Waals surface area contributed by atoms with Gasteiger partial charge in [0.25, 0.3) is 5.91 Å². The highest BCUT2D eigenvalue weighted by Crippen LogP contribution is 2.35. The topological polar surface area (TPSA) is 60.0 Å². The number of hydrogen-bond acceptors (Lipinski definition) is 5. The molecule has 0 aliphatic carbocycles. The molecule has 0 aromatic heterocycles. The van der Waals surface area contributed by atoms with Gasteiger partial charge < -0.3 is 19.5 Å². The van der Waals surface area contributed by atoms with Crippen LogP contribution < -0.4 is 14.8 Å². The minimum absolute atomic E-state index is 0.129. The molecule has 0 spiro atoms. The number of methoxy groups -OCH3 is 2. The average molecular weight is 387 g/mol. The zero-order valence-electron chi connectivity index (χ0n) is 13.6. The summed E-state index contributed by atoms with van der Waals surface area (Å²) >= 11 is 3.40. The van der Waals surface area contributed by atoms with Gasteiger partial charge in [-0.2, -0.15) is 0 Å². The molecular weight excluding hydrogens is 364 g/mol. The molecule has 0 atom stereocenters. The molecule has 0 bridgehead atoms. The monoisotopic (exact) mass is 386 g/mol. The fraction of sp³-hybridized carbons (Fsp3) is 0.562. The molecule has 1 fully saturated rings. The number of carbonyl (C=O) groups excluding carboxylic acids is 1. The van der Waals surface area contributed by atoms with Gasteiger partial charge in [0.05, 0.1) is 27.4 Å². The third-order valence-electron chi connectivity index (χ3n) is 3.75. The maximum absolute atomic E-state index is 12.3. The van der Waals surface area contributed by atoms with Crippen LogP contribution in [0.5, 0.6) is 11.5 Å². The molecule has 2 rings (SSSR count). The molecule has 23 heavy (non-hydrogen) atoms. The molecule has 6 nitrogen and oxygen atoms in total. The van der Waals surface area contributed by atoms with Crippen LogP contribution in [0, 0.1) is 0 Å². The number of nitrogens with one attached hydrogen (secondary N) is 1. The van der Waals surface area contributed by atoms with Crippen LogP contribution in [-0.4, -0.2) is 64.4 Å². The van der Waals surface area contributed by atoms with Gasteiger partial charge >= 0.3 is 0 Å². The van der Waals surface area contributed by atoms with E-state index < -0.39 is 0 Å². The van der Waals surface area contributed by atoms with E-state index in [0.717, 1.165) is 39.3 Å². The summed E-state index contributed by atoms with van der Waals surface area (Å²) in [5, 5.41) is 2.94. The minimum Gasteiger partial charge on any atom is -0.495 e. The van der Waals surface area contributed by atoms with E-state index in [1.165, 1.54) is 0 Å². The predicted octanol–water partition coefficient (Wildman–Crippen LogP) is 1.92. The predicted molar refractivity (Wildman–Crippen MR) is 91.5 cm³/mol. The van der Waals surface area contributed by atoms with Gasteiger partial charge in [0, 0.05) is 25.2 Å². The standard InChI is InChI=1S/C16H23BrN2O4/c1-21-13-10-12(11-14(22-2)15(13)17)16(20)18-4-3-5-19-6-8-23-9-7-19/h10-11H,3-9H2,1-2H3,(H,18,20). The van der Waals surface area contributed by atoms with E-state index in [1.54, 1.807) is 26.4 Å². The summed E-state index contributed by atoms with van der Waals surface area (Å²) in [5.41, 5.74) is 0.522. The third-order valence-corrected chi connectivity index (χ3v) is 4.53. The van der Waals surface area contributed by atoms with Crippen LogP contribution in [0.2, 0.25) is 0 Å². The summed E-state index contributed by atoms with van der Waals surface area (Å²) < 4.78 is 16.5. The van der Waals surface area contributed by atoms with Crippen molar-refractivity contribution in [1.29, 1.82) is 0 Å². The first-order chi connectivity index (χ1) is 11.2. The van der Waals surface area contributed by atoms with Gasteiger partial charge in [-0.15, -0.1) is 0 Å². The van der Waals surface area contributed by atoms with Gasteiger partial charge in [-0.3, -0.25) is 9.69 Å². The Morgan fingerprint density at radius 2 is 1.87 bits per heavy atom. The number of rotatable bonds is 7. The summed E-state index contributed by atoms with van der Waals surface area (Å²) in [4.78, 5) is 14.6. The van der Waals surface area contributed by atoms with Gasteiger partial charge in [0.2, 0.25) is 0 Å². The van der Waals surface area contributed by atoms with E-state index in [2.05, 4.69) is 26.1 Å². The second-order valence-electron chi connectivity index (χ2n) is 5.26. The van der Waals surface area contributed by atoms with Crippen molar-refractivity contribution in [2.24, 2.45) is 0 Å². The van der Waals surface area contributed by atoms with Crippen molar-refractivity contribution < 1.29 is 19.0 Å². The van der Waals surface area contributed by atoms with Crippen LogP contribution in [0.3, 0.4) is 0 Å². The van der Waals surface area contributed by atoms with Crippen LogP contribution >= 0.6 is 15.9 Å². The Balaban J connectivity index is 1.85. The van der Waals surface area contributed by atoms with Crippen molar-refractivity contribution in [3.05, 3.63) is 22.2 Å². The smallest absolute Gasteiger partial charge is 0.251 e. The molecule has 1 heterocycles. The summed E-state index contributed by atoms with van der Waals surface area (Å²) in [7, 11) is 3.12. The van der Waals surface area contributed by atoms with Crippen molar-refractivity contribution in [3.8, 4) is 11.5 Å².